The molecular formula is C16H12F4N4O2S. The lowest BCUT2D eigenvalue weighted by atomic mass is 10.1. The van der Waals surface area contributed by atoms with Crippen molar-refractivity contribution in [2.45, 2.75) is 25.2 Å². The second-order valence-corrected chi connectivity index (χ2v) is 7.17. The first-order chi connectivity index (χ1) is 12.8. The van der Waals surface area contributed by atoms with Crippen molar-refractivity contribution in [1.82, 2.24) is 15.5 Å². The van der Waals surface area contributed by atoms with Crippen LogP contribution in [0.25, 0.3) is 11.4 Å². The van der Waals surface area contributed by atoms with Crippen LogP contribution in [0, 0.1) is 11.7 Å². The minimum absolute atomic E-state index is 0.0234. The quantitative estimate of drug-likeness (QED) is 0.797. The van der Waals surface area contributed by atoms with E-state index in [4.69, 9.17) is 0 Å². The summed E-state index contributed by atoms with van der Waals surface area (Å²) < 4.78 is 56.1. The summed E-state index contributed by atoms with van der Waals surface area (Å²) in [6, 6.07) is 3.93. The average molecular weight is 400 g/mol. The summed E-state index contributed by atoms with van der Waals surface area (Å²) >= 11 is 1.37. The SMILES string of the molecule is O=C(NC1CSC(c2ccc(-c3noc(C(F)(F)F)n3)c(F)c2)=N1)C1CC1. The van der Waals surface area contributed by atoms with Crippen molar-refractivity contribution in [1.29, 1.82) is 0 Å². The minimum Gasteiger partial charge on any atom is -0.333 e. The molecule has 6 nitrogen and oxygen atoms in total. The van der Waals surface area contributed by atoms with E-state index in [0.717, 1.165) is 18.9 Å². The fourth-order valence-corrected chi connectivity index (χ4v) is 3.48. The lowest BCUT2D eigenvalue weighted by molar-refractivity contribution is -0.159. The van der Waals surface area contributed by atoms with E-state index in [-0.39, 0.29) is 23.6 Å². The summed E-state index contributed by atoms with van der Waals surface area (Å²) in [6.45, 7) is 0. The van der Waals surface area contributed by atoms with Crippen molar-refractivity contribution in [2.24, 2.45) is 10.9 Å². The Labute approximate surface area is 154 Å². The molecule has 1 atom stereocenters. The minimum atomic E-state index is -4.79. The number of benzene rings is 1. The van der Waals surface area contributed by atoms with Crippen LogP contribution in [-0.2, 0) is 11.0 Å². The predicted octanol–water partition coefficient (Wildman–Crippen LogP) is 3.24. The first-order valence-electron chi connectivity index (χ1n) is 8.03. The van der Waals surface area contributed by atoms with Crippen LogP contribution in [0.3, 0.4) is 0 Å². The molecule has 1 aliphatic heterocycles. The van der Waals surface area contributed by atoms with Crippen molar-refractivity contribution in [3.8, 4) is 11.4 Å². The van der Waals surface area contributed by atoms with Crippen LogP contribution < -0.4 is 5.32 Å². The summed E-state index contributed by atoms with van der Waals surface area (Å²) in [7, 11) is 0. The van der Waals surface area contributed by atoms with Gasteiger partial charge in [0, 0.05) is 17.2 Å². The third-order valence-corrected chi connectivity index (χ3v) is 5.13. The molecule has 2 heterocycles. The largest absolute Gasteiger partial charge is 0.471 e. The van der Waals surface area contributed by atoms with Crippen LogP contribution in [0.4, 0.5) is 17.6 Å². The maximum Gasteiger partial charge on any atom is 0.471 e. The highest BCUT2D eigenvalue weighted by atomic mass is 32.2. The number of carbonyl (C=O) groups is 1. The van der Waals surface area contributed by atoms with Gasteiger partial charge in [0.1, 0.15) is 17.0 Å². The molecule has 1 aliphatic carbocycles. The van der Waals surface area contributed by atoms with Gasteiger partial charge in [-0.3, -0.25) is 9.79 Å². The van der Waals surface area contributed by atoms with E-state index in [1.807, 2.05) is 0 Å². The molecule has 142 valence electrons. The van der Waals surface area contributed by atoms with Gasteiger partial charge in [0.25, 0.3) is 0 Å². The fraction of sp³-hybridized carbons (Fsp3) is 0.375. The fourth-order valence-electron chi connectivity index (χ4n) is 2.51. The Kier molecular flexibility index (Phi) is 4.41. The van der Waals surface area contributed by atoms with Crippen molar-refractivity contribution in [2.75, 3.05) is 5.75 Å². The first kappa shape index (κ1) is 18.0. The Morgan fingerprint density at radius 2 is 2.07 bits per heavy atom. The molecule has 1 saturated carbocycles. The highest BCUT2D eigenvalue weighted by Gasteiger charge is 2.39. The van der Waals surface area contributed by atoms with Crippen molar-refractivity contribution in [3.05, 3.63) is 35.5 Å². The van der Waals surface area contributed by atoms with E-state index in [1.54, 1.807) is 0 Å². The molecule has 4 rings (SSSR count). The van der Waals surface area contributed by atoms with Gasteiger partial charge in [-0.05, 0) is 25.0 Å². The molecule has 1 aromatic heterocycles. The first-order valence-corrected chi connectivity index (χ1v) is 9.02. The third kappa shape index (κ3) is 3.82. The van der Waals surface area contributed by atoms with Gasteiger partial charge in [-0.15, -0.1) is 11.8 Å². The maximum atomic E-state index is 14.4. The zero-order valence-corrected chi connectivity index (χ0v) is 14.4. The molecule has 0 radical (unpaired) electrons. The molecule has 1 aromatic carbocycles. The van der Waals surface area contributed by atoms with E-state index in [0.29, 0.717) is 16.4 Å². The number of aromatic nitrogens is 2. The van der Waals surface area contributed by atoms with Gasteiger partial charge < -0.3 is 9.84 Å². The topological polar surface area (TPSA) is 80.4 Å². The van der Waals surface area contributed by atoms with E-state index in [9.17, 15) is 22.4 Å². The van der Waals surface area contributed by atoms with Gasteiger partial charge >= 0.3 is 12.1 Å². The number of hydrogen-bond acceptors (Lipinski definition) is 6. The van der Waals surface area contributed by atoms with Crippen LogP contribution >= 0.6 is 11.8 Å². The lowest BCUT2D eigenvalue weighted by Crippen LogP contribution is -2.34. The number of nitrogens with one attached hydrogen (secondary N) is 1. The molecule has 0 saturated heterocycles. The summed E-state index contributed by atoms with van der Waals surface area (Å²) in [5.74, 6) is -2.23. The average Bonchev–Trinajstić information content (AvgIpc) is 3.15. The van der Waals surface area contributed by atoms with Gasteiger partial charge in [-0.1, -0.05) is 11.2 Å². The summed E-state index contributed by atoms with van der Waals surface area (Å²) in [4.78, 5) is 19.3. The van der Waals surface area contributed by atoms with E-state index in [1.165, 1.54) is 23.9 Å². The van der Waals surface area contributed by atoms with Crippen LogP contribution in [0.2, 0.25) is 0 Å². The van der Waals surface area contributed by atoms with E-state index in [2.05, 4.69) is 25.0 Å². The van der Waals surface area contributed by atoms with Crippen LogP contribution in [0.15, 0.2) is 27.7 Å². The number of thioether (sulfide) groups is 1. The molecule has 1 fully saturated rings. The molecule has 0 bridgehead atoms. The molecule has 27 heavy (non-hydrogen) atoms. The zero-order valence-electron chi connectivity index (χ0n) is 13.6. The van der Waals surface area contributed by atoms with Gasteiger partial charge in [0.15, 0.2) is 0 Å². The Morgan fingerprint density at radius 3 is 2.70 bits per heavy atom. The maximum absolute atomic E-state index is 14.4. The van der Waals surface area contributed by atoms with Crippen molar-refractivity contribution >= 4 is 22.7 Å². The van der Waals surface area contributed by atoms with Gasteiger partial charge in [-0.2, -0.15) is 18.2 Å². The third-order valence-electron chi connectivity index (χ3n) is 4.03. The summed E-state index contributed by atoms with van der Waals surface area (Å²) in [5, 5.41) is 6.56. The monoisotopic (exact) mass is 400 g/mol. The van der Waals surface area contributed by atoms with Crippen LogP contribution in [0.1, 0.15) is 24.3 Å². The number of rotatable bonds is 4. The predicted molar refractivity (Wildman–Crippen MR) is 88.3 cm³/mol. The van der Waals surface area contributed by atoms with Crippen LogP contribution in [-0.4, -0.2) is 33.0 Å². The number of carbonyl (C=O) groups excluding carboxylic acids is 1. The molecule has 11 heteroatoms. The number of alkyl halides is 3. The lowest BCUT2D eigenvalue weighted by Gasteiger charge is -2.07. The standard InChI is InChI=1S/C16H12F4N4O2S/c17-10-5-8(14-22-11(6-27-14)21-13(25)7-1-2-7)3-4-9(10)12-23-15(26-24-12)16(18,19)20/h3-5,7,11H,1-2,6H2,(H,21,25). The van der Waals surface area contributed by atoms with Crippen LogP contribution in [0.5, 0.6) is 0 Å². The molecular weight excluding hydrogens is 388 g/mol. The normalized spacial score (nSPS) is 19.9. The zero-order chi connectivity index (χ0) is 19.2. The van der Waals surface area contributed by atoms with E-state index < -0.39 is 23.7 Å². The Bertz CT molecular complexity index is 923. The molecule has 2 aliphatic rings. The van der Waals surface area contributed by atoms with E-state index >= 15 is 0 Å². The Balaban J connectivity index is 1.51. The number of hydrogen-bond donors (Lipinski definition) is 1. The Hall–Kier alpha value is -2.43. The second kappa shape index (κ2) is 6.63. The highest BCUT2D eigenvalue weighted by Crippen LogP contribution is 2.32. The van der Waals surface area contributed by atoms with Crippen molar-refractivity contribution in [3.63, 3.8) is 0 Å². The number of amides is 1. The molecule has 0 spiro atoms. The highest BCUT2D eigenvalue weighted by molar-refractivity contribution is 8.14. The number of aliphatic imine (C=N–C) groups is 1. The van der Waals surface area contributed by atoms with Gasteiger partial charge in [0.2, 0.25) is 11.7 Å². The molecule has 1 unspecified atom stereocenters. The molecule has 1 amide bonds. The molecule has 1 N–H and O–H groups in total. The van der Waals surface area contributed by atoms with Crippen molar-refractivity contribution < 1.29 is 26.9 Å². The smallest absolute Gasteiger partial charge is 0.333 e. The second-order valence-electron chi connectivity index (χ2n) is 6.16. The van der Waals surface area contributed by atoms with Gasteiger partial charge in [0.05, 0.1) is 5.56 Å². The summed E-state index contributed by atoms with van der Waals surface area (Å²) in [6.07, 6.45) is -3.38. The number of nitrogens with zero attached hydrogens (tertiary/aromatic N) is 3. The summed E-state index contributed by atoms with van der Waals surface area (Å²) in [5.41, 5.74) is 0.254. The Morgan fingerprint density at radius 1 is 1.30 bits per heavy atom. The number of halogens is 4. The molecule has 2 aromatic rings. The van der Waals surface area contributed by atoms with Gasteiger partial charge in [-0.25, -0.2) is 4.39 Å².